The maximum absolute atomic E-state index is 15.3. The standard InChI is InChI=1S/C24H27F2N5O4S/c1-32-17-10-18(33-2)21(26)19(20(17)25)16-9-14-11-28-24(36-13-15-12-27-3-6-35-15)30-22(14)23(29-16)31-4-7-34-8-5-31/h9-11,15,27H,3-8,12-13H2,1-2H3. The highest BCUT2D eigenvalue weighted by Crippen LogP contribution is 2.39. The topological polar surface area (TPSA) is 90.9 Å². The molecule has 1 N–H and O–H groups in total. The molecule has 192 valence electrons. The predicted molar refractivity (Wildman–Crippen MR) is 132 cm³/mol. The minimum Gasteiger partial charge on any atom is -0.494 e. The van der Waals surface area contributed by atoms with Gasteiger partial charge in [-0.2, -0.15) is 0 Å². The Hall–Kier alpha value is -2.80. The highest BCUT2D eigenvalue weighted by molar-refractivity contribution is 7.99. The largest absolute Gasteiger partial charge is 0.494 e. The van der Waals surface area contributed by atoms with Crippen LogP contribution in [0.1, 0.15) is 0 Å². The van der Waals surface area contributed by atoms with Gasteiger partial charge < -0.3 is 29.2 Å². The molecule has 0 bridgehead atoms. The number of nitrogens with zero attached hydrogens (tertiary/aromatic N) is 4. The van der Waals surface area contributed by atoms with Crippen molar-refractivity contribution in [3.8, 4) is 22.8 Å². The van der Waals surface area contributed by atoms with Crippen LogP contribution in [0.3, 0.4) is 0 Å². The van der Waals surface area contributed by atoms with E-state index in [2.05, 4.69) is 10.3 Å². The summed E-state index contributed by atoms with van der Waals surface area (Å²) in [5.74, 6) is -0.765. The van der Waals surface area contributed by atoms with Crippen LogP contribution >= 0.6 is 11.8 Å². The van der Waals surface area contributed by atoms with E-state index < -0.39 is 11.6 Å². The van der Waals surface area contributed by atoms with Crippen LogP contribution < -0.4 is 19.7 Å². The van der Waals surface area contributed by atoms with Gasteiger partial charge in [0.25, 0.3) is 0 Å². The van der Waals surface area contributed by atoms with Gasteiger partial charge in [0.05, 0.1) is 51.4 Å². The van der Waals surface area contributed by atoms with Crippen LogP contribution in [0.4, 0.5) is 14.6 Å². The van der Waals surface area contributed by atoms with Gasteiger partial charge in [0.15, 0.2) is 34.1 Å². The number of nitrogens with one attached hydrogen (secondary N) is 1. The molecule has 0 amide bonds. The van der Waals surface area contributed by atoms with Gasteiger partial charge in [-0.25, -0.2) is 23.7 Å². The normalized spacial score (nSPS) is 18.4. The van der Waals surface area contributed by atoms with Crippen molar-refractivity contribution in [1.82, 2.24) is 20.3 Å². The van der Waals surface area contributed by atoms with Crippen molar-refractivity contribution in [3.63, 3.8) is 0 Å². The molecule has 3 aromatic rings. The van der Waals surface area contributed by atoms with Crippen LogP contribution in [-0.2, 0) is 9.47 Å². The highest BCUT2D eigenvalue weighted by Gasteiger charge is 2.26. The number of hydrogen-bond acceptors (Lipinski definition) is 10. The number of methoxy groups -OCH3 is 2. The van der Waals surface area contributed by atoms with E-state index in [0.29, 0.717) is 60.5 Å². The van der Waals surface area contributed by atoms with Crippen LogP contribution in [0.5, 0.6) is 11.5 Å². The van der Waals surface area contributed by atoms with E-state index in [1.807, 2.05) is 4.90 Å². The fourth-order valence-electron chi connectivity index (χ4n) is 4.20. The number of thioether (sulfide) groups is 1. The summed E-state index contributed by atoms with van der Waals surface area (Å²) in [6.07, 6.45) is 1.74. The molecule has 1 atom stereocenters. The third-order valence-electron chi connectivity index (χ3n) is 6.07. The van der Waals surface area contributed by atoms with Crippen molar-refractivity contribution in [1.29, 1.82) is 0 Å². The third-order valence-corrected chi connectivity index (χ3v) is 7.06. The van der Waals surface area contributed by atoms with Crippen LogP contribution in [0, 0.1) is 11.6 Å². The molecule has 0 aliphatic carbocycles. The number of ether oxygens (including phenoxy) is 4. The third kappa shape index (κ3) is 5.03. The molecule has 1 aromatic carbocycles. The zero-order valence-electron chi connectivity index (χ0n) is 20.1. The molecule has 4 heterocycles. The average Bonchev–Trinajstić information content (AvgIpc) is 2.93. The Labute approximate surface area is 211 Å². The molecule has 0 saturated carbocycles. The molecule has 0 radical (unpaired) electrons. The predicted octanol–water partition coefficient (Wildman–Crippen LogP) is 2.90. The Morgan fingerprint density at radius 2 is 1.83 bits per heavy atom. The van der Waals surface area contributed by atoms with Crippen LogP contribution in [0.25, 0.3) is 22.2 Å². The molecule has 2 aromatic heterocycles. The Kier molecular flexibility index (Phi) is 7.65. The van der Waals surface area contributed by atoms with Crippen LogP contribution in [0.2, 0.25) is 0 Å². The van der Waals surface area contributed by atoms with E-state index in [9.17, 15) is 0 Å². The molecule has 12 heteroatoms. The van der Waals surface area contributed by atoms with E-state index in [4.69, 9.17) is 28.9 Å². The number of aromatic nitrogens is 3. The number of benzene rings is 1. The van der Waals surface area contributed by atoms with Gasteiger partial charge in [0.2, 0.25) is 0 Å². The van der Waals surface area contributed by atoms with Crippen molar-refractivity contribution in [3.05, 3.63) is 30.0 Å². The molecule has 5 rings (SSSR count). The van der Waals surface area contributed by atoms with Crippen molar-refractivity contribution in [2.24, 2.45) is 0 Å². The van der Waals surface area contributed by atoms with Gasteiger partial charge in [0, 0.05) is 49.6 Å². The quantitative estimate of drug-likeness (QED) is 0.371. The summed E-state index contributed by atoms with van der Waals surface area (Å²) in [6.45, 7) is 4.50. The molecule has 2 fully saturated rings. The first-order valence-corrected chi connectivity index (χ1v) is 12.6. The number of morpholine rings is 2. The maximum atomic E-state index is 15.3. The van der Waals surface area contributed by atoms with Crippen molar-refractivity contribution < 1.29 is 27.7 Å². The number of fused-ring (bicyclic) bond motifs is 1. The number of rotatable bonds is 7. The SMILES string of the molecule is COc1cc(OC)c(F)c(-c2cc3cnc(SCC4CNCCO4)nc3c(N3CCOCC3)n2)c1F. The molecular weight excluding hydrogens is 492 g/mol. The van der Waals surface area contributed by atoms with E-state index in [-0.39, 0.29) is 28.9 Å². The van der Waals surface area contributed by atoms with Gasteiger partial charge >= 0.3 is 0 Å². The number of pyridine rings is 1. The first kappa shape index (κ1) is 24.9. The Balaban J connectivity index is 1.59. The van der Waals surface area contributed by atoms with Crippen molar-refractivity contribution >= 4 is 28.5 Å². The monoisotopic (exact) mass is 519 g/mol. The number of halogens is 2. The highest BCUT2D eigenvalue weighted by atomic mass is 32.2. The molecule has 1 unspecified atom stereocenters. The Morgan fingerprint density at radius 3 is 2.50 bits per heavy atom. The minimum absolute atomic E-state index is 0.0799. The van der Waals surface area contributed by atoms with Gasteiger partial charge in [0.1, 0.15) is 5.52 Å². The van der Waals surface area contributed by atoms with Crippen molar-refractivity contribution in [2.45, 2.75) is 11.3 Å². The van der Waals surface area contributed by atoms with Crippen LogP contribution in [-0.4, -0.2) is 87.0 Å². The first-order chi connectivity index (χ1) is 17.6. The van der Waals surface area contributed by atoms with Gasteiger partial charge in [-0.3, -0.25) is 0 Å². The molecule has 2 saturated heterocycles. The number of hydrogen-bond donors (Lipinski definition) is 1. The molecule has 2 aliphatic rings. The van der Waals surface area contributed by atoms with E-state index in [1.54, 1.807) is 12.3 Å². The van der Waals surface area contributed by atoms with Crippen molar-refractivity contribution in [2.75, 3.05) is 70.9 Å². The lowest BCUT2D eigenvalue weighted by molar-refractivity contribution is 0.0440. The summed E-state index contributed by atoms with van der Waals surface area (Å²) in [5, 5.41) is 4.51. The molecule has 9 nitrogen and oxygen atoms in total. The van der Waals surface area contributed by atoms with E-state index in [0.717, 1.165) is 13.1 Å². The van der Waals surface area contributed by atoms with Gasteiger partial charge in [-0.05, 0) is 6.07 Å². The van der Waals surface area contributed by atoms with Crippen LogP contribution in [0.15, 0.2) is 23.5 Å². The molecule has 0 spiro atoms. The summed E-state index contributed by atoms with van der Waals surface area (Å²) < 4.78 is 52.1. The van der Waals surface area contributed by atoms with Gasteiger partial charge in [-0.15, -0.1) is 0 Å². The lowest BCUT2D eigenvalue weighted by Crippen LogP contribution is -2.39. The van der Waals surface area contributed by atoms with E-state index in [1.165, 1.54) is 32.0 Å². The minimum atomic E-state index is -0.857. The maximum Gasteiger partial charge on any atom is 0.188 e. The smallest absolute Gasteiger partial charge is 0.188 e. The Morgan fingerprint density at radius 1 is 1.08 bits per heavy atom. The summed E-state index contributed by atoms with van der Waals surface area (Å²) in [7, 11) is 2.63. The summed E-state index contributed by atoms with van der Waals surface area (Å²) >= 11 is 1.50. The fourth-order valence-corrected chi connectivity index (χ4v) is 5.04. The lowest BCUT2D eigenvalue weighted by Gasteiger charge is -2.29. The average molecular weight is 520 g/mol. The van der Waals surface area contributed by atoms with E-state index >= 15 is 8.78 Å². The zero-order chi connectivity index (χ0) is 25.1. The second-order valence-electron chi connectivity index (χ2n) is 8.31. The second-order valence-corrected chi connectivity index (χ2v) is 9.30. The molecule has 2 aliphatic heterocycles. The first-order valence-electron chi connectivity index (χ1n) is 11.6. The summed E-state index contributed by atoms with van der Waals surface area (Å²) in [4.78, 5) is 16.0. The van der Waals surface area contributed by atoms with Gasteiger partial charge in [-0.1, -0.05) is 11.8 Å². The fraction of sp³-hybridized carbons (Fsp3) is 0.458. The second kappa shape index (κ2) is 11.1. The summed E-state index contributed by atoms with van der Waals surface area (Å²) in [6, 6.07) is 2.76. The zero-order valence-corrected chi connectivity index (χ0v) is 20.9. The number of anilines is 1. The Bertz CT molecular complexity index is 1210. The lowest BCUT2D eigenvalue weighted by atomic mass is 10.1. The molecular formula is C24H27F2N5O4S. The summed E-state index contributed by atoms with van der Waals surface area (Å²) in [5.41, 5.74) is 0.376. The molecule has 36 heavy (non-hydrogen) atoms.